The molecule has 11 heavy (non-hydrogen) atoms. The molecule has 1 rings (SSSR count). The van der Waals surface area contributed by atoms with Crippen molar-refractivity contribution < 1.29 is 4.74 Å². The van der Waals surface area contributed by atoms with Crippen molar-refractivity contribution in [3.8, 4) is 0 Å². The average Bonchev–Trinajstić information content (AvgIpc) is 2.03. The molecule has 0 unspecified atom stereocenters. The highest BCUT2D eigenvalue weighted by atomic mass is 35.5. The molecule has 0 aromatic heterocycles. The molecular weight excluding hydrogens is 160 g/mol. The third-order valence-electron chi connectivity index (χ3n) is 2.44. The fourth-order valence-corrected chi connectivity index (χ4v) is 1.81. The van der Waals surface area contributed by atoms with Crippen LogP contribution in [-0.4, -0.2) is 18.6 Å². The summed E-state index contributed by atoms with van der Waals surface area (Å²) in [6.45, 7) is 2.99. The molecule has 0 N–H and O–H groups in total. The van der Waals surface area contributed by atoms with E-state index in [2.05, 4.69) is 6.92 Å². The van der Waals surface area contributed by atoms with E-state index in [4.69, 9.17) is 16.3 Å². The molecule has 2 heteroatoms. The molecule has 0 bridgehead atoms. The maximum absolute atomic E-state index is 5.61. The Hall–Kier alpha value is 0.250. The number of hydrogen-bond acceptors (Lipinski definition) is 1. The molecule has 0 heterocycles. The van der Waals surface area contributed by atoms with Crippen LogP contribution in [0.3, 0.4) is 0 Å². The second-order valence-corrected chi connectivity index (χ2v) is 3.74. The number of rotatable bonds is 3. The van der Waals surface area contributed by atoms with Crippen molar-refractivity contribution in [1.82, 2.24) is 0 Å². The predicted molar refractivity (Wildman–Crippen MR) is 48.1 cm³/mol. The maximum atomic E-state index is 5.61. The highest BCUT2D eigenvalue weighted by Gasteiger charge is 2.21. The van der Waals surface area contributed by atoms with E-state index < -0.39 is 0 Å². The Morgan fingerprint density at radius 2 is 2.09 bits per heavy atom. The van der Waals surface area contributed by atoms with E-state index >= 15 is 0 Å². The first-order chi connectivity index (χ1) is 5.34. The zero-order chi connectivity index (χ0) is 8.10. The minimum atomic E-state index is 0.488. The lowest BCUT2D eigenvalue weighted by Gasteiger charge is -2.28. The van der Waals surface area contributed by atoms with E-state index in [1.165, 1.54) is 25.7 Å². The maximum Gasteiger partial charge on any atom is 0.0605 e. The first-order valence-electron chi connectivity index (χ1n) is 4.52. The molecule has 0 amide bonds. The van der Waals surface area contributed by atoms with Gasteiger partial charge in [-0.2, -0.15) is 0 Å². The first-order valence-corrected chi connectivity index (χ1v) is 5.05. The van der Waals surface area contributed by atoms with Crippen molar-refractivity contribution in [3.63, 3.8) is 0 Å². The zero-order valence-electron chi connectivity index (χ0n) is 7.18. The Labute approximate surface area is 74.1 Å². The summed E-state index contributed by atoms with van der Waals surface area (Å²) < 4.78 is 5.61. The predicted octanol–water partition coefficient (Wildman–Crippen LogP) is 2.82. The van der Waals surface area contributed by atoms with Crippen molar-refractivity contribution in [3.05, 3.63) is 0 Å². The van der Waals surface area contributed by atoms with Gasteiger partial charge in [-0.25, -0.2) is 0 Å². The van der Waals surface area contributed by atoms with Gasteiger partial charge in [-0.1, -0.05) is 19.8 Å². The molecule has 0 radical (unpaired) electrons. The summed E-state index contributed by atoms with van der Waals surface area (Å²) in [4.78, 5) is 0. The Morgan fingerprint density at radius 3 is 2.73 bits per heavy atom. The average molecular weight is 177 g/mol. The normalized spacial score (nSPS) is 32.2. The van der Waals surface area contributed by atoms with E-state index in [1.54, 1.807) is 0 Å². The third kappa shape index (κ3) is 3.00. The van der Waals surface area contributed by atoms with Crippen LogP contribution in [0.4, 0.5) is 0 Å². The smallest absolute Gasteiger partial charge is 0.0605 e. The quantitative estimate of drug-likeness (QED) is 0.601. The van der Waals surface area contributed by atoms with E-state index in [-0.39, 0.29) is 0 Å². The molecule has 2 atom stereocenters. The summed E-state index contributed by atoms with van der Waals surface area (Å²) in [6.07, 6.45) is 5.76. The van der Waals surface area contributed by atoms with E-state index in [0.717, 1.165) is 12.5 Å². The lowest BCUT2D eigenvalue weighted by atomic mass is 9.88. The minimum Gasteiger partial charge on any atom is -0.377 e. The largest absolute Gasteiger partial charge is 0.377 e. The number of alkyl halides is 1. The van der Waals surface area contributed by atoms with Gasteiger partial charge in [0.2, 0.25) is 0 Å². The lowest BCUT2D eigenvalue weighted by molar-refractivity contribution is 0.00308. The monoisotopic (exact) mass is 176 g/mol. The zero-order valence-corrected chi connectivity index (χ0v) is 7.94. The summed E-state index contributed by atoms with van der Waals surface area (Å²) in [5, 5.41) is 0. The van der Waals surface area contributed by atoms with E-state index in [1.807, 2.05) is 0 Å². The van der Waals surface area contributed by atoms with E-state index in [0.29, 0.717) is 12.0 Å². The highest BCUT2D eigenvalue weighted by Crippen LogP contribution is 2.25. The molecule has 0 aliphatic heterocycles. The van der Waals surface area contributed by atoms with Crippen LogP contribution >= 0.6 is 11.6 Å². The highest BCUT2D eigenvalue weighted by molar-refractivity contribution is 6.17. The van der Waals surface area contributed by atoms with Crippen molar-refractivity contribution in [2.45, 2.75) is 38.7 Å². The first kappa shape index (κ1) is 9.34. The molecule has 1 fully saturated rings. The molecule has 1 aliphatic carbocycles. The van der Waals surface area contributed by atoms with Gasteiger partial charge >= 0.3 is 0 Å². The van der Waals surface area contributed by atoms with Crippen LogP contribution in [0, 0.1) is 5.92 Å². The Kier molecular flexibility index (Phi) is 4.24. The Morgan fingerprint density at radius 1 is 1.36 bits per heavy atom. The second-order valence-electron chi connectivity index (χ2n) is 3.36. The van der Waals surface area contributed by atoms with Crippen LogP contribution in [-0.2, 0) is 4.74 Å². The van der Waals surface area contributed by atoms with Gasteiger partial charge in [-0.05, 0) is 18.8 Å². The van der Waals surface area contributed by atoms with Crippen LogP contribution in [0.15, 0.2) is 0 Å². The van der Waals surface area contributed by atoms with Gasteiger partial charge in [-0.15, -0.1) is 11.6 Å². The van der Waals surface area contributed by atoms with Crippen LogP contribution in [0.1, 0.15) is 32.6 Å². The van der Waals surface area contributed by atoms with Gasteiger partial charge in [0, 0.05) is 5.88 Å². The van der Waals surface area contributed by atoms with Crippen LogP contribution in [0.5, 0.6) is 0 Å². The number of ether oxygens (including phenoxy) is 1. The molecule has 1 nitrogen and oxygen atoms in total. The molecule has 0 saturated heterocycles. The summed E-state index contributed by atoms with van der Waals surface area (Å²) in [5.74, 6) is 1.37. The SMILES string of the molecule is C[C@@H]1CCCC[C@H]1OCCCl. The summed E-state index contributed by atoms with van der Waals surface area (Å²) in [5.41, 5.74) is 0. The van der Waals surface area contributed by atoms with Crippen LogP contribution in [0.2, 0.25) is 0 Å². The van der Waals surface area contributed by atoms with Crippen molar-refractivity contribution in [2.75, 3.05) is 12.5 Å². The third-order valence-corrected chi connectivity index (χ3v) is 2.60. The Balaban J connectivity index is 2.18. The fourth-order valence-electron chi connectivity index (χ4n) is 1.73. The van der Waals surface area contributed by atoms with Gasteiger partial charge in [-0.3, -0.25) is 0 Å². The van der Waals surface area contributed by atoms with Gasteiger partial charge in [0.25, 0.3) is 0 Å². The van der Waals surface area contributed by atoms with Crippen LogP contribution < -0.4 is 0 Å². The van der Waals surface area contributed by atoms with Crippen molar-refractivity contribution in [2.24, 2.45) is 5.92 Å². The molecular formula is C9H17ClO. The second kappa shape index (κ2) is 5.00. The molecule has 0 aromatic carbocycles. The number of halogens is 1. The molecule has 1 saturated carbocycles. The van der Waals surface area contributed by atoms with Gasteiger partial charge in [0.1, 0.15) is 0 Å². The molecule has 1 aliphatic rings. The van der Waals surface area contributed by atoms with Gasteiger partial charge in [0.15, 0.2) is 0 Å². The standard InChI is InChI=1S/C9H17ClO/c1-8-4-2-3-5-9(8)11-7-6-10/h8-9H,2-7H2,1H3/t8-,9-/m1/s1. The van der Waals surface area contributed by atoms with Crippen LogP contribution in [0.25, 0.3) is 0 Å². The van der Waals surface area contributed by atoms with Gasteiger partial charge in [0.05, 0.1) is 12.7 Å². The minimum absolute atomic E-state index is 0.488. The molecule has 0 aromatic rings. The molecule has 0 spiro atoms. The van der Waals surface area contributed by atoms with Crippen molar-refractivity contribution in [1.29, 1.82) is 0 Å². The summed E-state index contributed by atoms with van der Waals surface area (Å²) in [6, 6.07) is 0. The lowest BCUT2D eigenvalue weighted by Crippen LogP contribution is -2.26. The Bertz CT molecular complexity index is 106. The van der Waals surface area contributed by atoms with Crippen molar-refractivity contribution >= 4 is 11.6 Å². The van der Waals surface area contributed by atoms with E-state index in [9.17, 15) is 0 Å². The van der Waals surface area contributed by atoms with Gasteiger partial charge < -0.3 is 4.74 Å². The number of hydrogen-bond donors (Lipinski definition) is 0. The molecule has 66 valence electrons. The topological polar surface area (TPSA) is 9.23 Å². The fraction of sp³-hybridized carbons (Fsp3) is 1.00. The summed E-state index contributed by atoms with van der Waals surface area (Å²) >= 11 is 5.54. The summed E-state index contributed by atoms with van der Waals surface area (Å²) in [7, 11) is 0.